The second-order valence-corrected chi connectivity index (χ2v) is 5.52. The van der Waals surface area contributed by atoms with Gasteiger partial charge in [0.15, 0.2) is 0 Å². The van der Waals surface area contributed by atoms with Gasteiger partial charge in [0.05, 0.1) is 0 Å². The highest BCUT2D eigenvalue weighted by Crippen LogP contribution is 2.36. The van der Waals surface area contributed by atoms with Gasteiger partial charge >= 0.3 is 0 Å². The van der Waals surface area contributed by atoms with Gasteiger partial charge in [-0.3, -0.25) is 0 Å². The Hall–Kier alpha value is -0.480. The molecule has 90 valence electrons. The number of alkyl halides is 2. The molecule has 4 heteroatoms. The van der Waals surface area contributed by atoms with Gasteiger partial charge in [-0.15, -0.1) is 0 Å². The summed E-state index contributed by atoms with van der Waals surface area (Å²) in [6, 6.07) is 0.521. The summed E-state index contributed by atoms with van der Waals surface area (Å²) >= 11 is 1.37. The molecule has 3 unspecified atom stereocenters. The molecule has 1 aromatic heterocycles. The van der Waals surface area contributed by atoms with Crippen LogP contribution in [0.5, 0.6) is 0 Å². The molecule has 0 aliphatic carbocycles. The minimum Gasteiger partial charge on any atom is -0.307 e. The van der Waals surface area contributed by atoms with Crippen LogP contribution in [0.4, 0.5) is 8.78 Å². The quantitative estimate of drug-likeness (QED) is 0.826. The van der Waals surface area contributed by atoms with Gasteiger partial charge in [0, 0.05) is 17.6 Å². The van der Waals surface area contributed by atoms with E-state index >= 15 is 0 Å². The number of hydrogen-bond donors (Lipinski definition) is 1. The molecule has 0 amide bonds. The average molecular weight is 245 g/mol. The summed E-state index contributed by atoms with van der Waals surface area (Å²) in [7, 11) is 0. The number of nitrogens with one attached hydrogen (secondary N) is 1. The van der Waals surface area contributed by atoms with E-state index in [1.807, 2.05) is 5.38 Å². The Morgan fingerprint density at radius 2 is 2.06 bits per heavy atom. The fourth-order valence-electron chi connectivity index (χ4n) is 2.58. The SMILES string of the molecule is CC1CC(C)NC(c2cscc2C(F)F)C1. The molecule has 1 nitrogen and oxygen atoms in total. The van der Waals surface area contributed by atoms with Crippen LogP contribution in [0, 0.1) is 5.92 Å². The van der Waals surface area contributed by atoms with E-state index in [1.54, 1.807) is 5.38 Å². The van der Waals surface area contributed by atoms with Gasteiger partial charge in [-0.25, -0.2) is 8.78 Å². The van der Waals surface area contributed by atoms with E-state index in [9.17, 15) is 8.78 Å². The number of piperidine rings is 1. The van der Waals surface area contributed by atoms with E-state index < -0.39 is 6.43 Å². The van der Waals surface area contributed by atoms with Gasteiger partial charge in [0.1, 0.15) is 0 Å². The van der Waals surface area contributed by atoms with Crippen molar-refractivity contribution in [2.24, 2.45) is 5.92 Å². The largest absolute Gasteiger partial charge is 0.307 e. The first kappa shape index (κ1) is 12.0. The number of hydrogen-bond acceptors (Lipinski definition) is 2. The highest BCUT2D eigenvalue weighted by Gasteiger charge is 2.28. The molecule has 1 aromatic rings. The van der Waals surface area contributed by atoms with Crippen LogP contribution in [0.2, 0.25) is 0 Å². The maximum absolute atomic E-state index is 12.8. The van der Waals surface area contributed by atoms with E-state index in [-0.39, 0.29) is 11.6 Å². The predicted octanol–water partition coefficient (Wildman–Crippen LogP) is 4.13. The maximum Gasteiger partial charge on any atom is 0.264 e. The Kier molecular flexibility index (Phi) is 3.60. The van der Waals surface area contributed by atoms with E-state index in [2.05, 4.69) is 19.2 Å². The molecular formula is C12H17F2NS. The standard InChI is InChI=1S/C12H17F2NS/c1-7-3-8(2)15-11(4-7)9-5-16-6-10(9)12(13)14/h5-8,11-12,15H,3-4H2,1-2H3. The number of rotatable bonds is 2. The van der Waals surface area contributed by atoms with Crippen LogP contribution in [0.15, 0.2) is 10.8 Å². The third kappa shape index (κ3) is 2.43. The van der Waals surface area contributed by atoms with Gasteiger partial charge in [0.25, 0.3) is 6.43 Å². The molecule has 1 N–H and O–H groups in total. The normalized spacial score (nSPS) is 30.9. The molecule has 1 saturated heterocycles. The number of thiophene rings is 1. The Bertz CT molecular complexity index is 341. The van der Waals surface area contributed by atoms with Crippen molar-refractivity contribution in [3.05, 3.63) is 21.9 Å². The third-order valence-corrected chi connectivity index (χ3v) is 3.99. The highest BCUT2D eigenvalue weighted by atomic mass is 32.1. The first-order valence-corrected chi connectivity index (χ1v) is 6.62. The summed E-state index contributed by atoms with van der Waals surface area (Å²) in [4.78, 5) is 0. The van der Waals surface area contributed by atoms with Crippen molar-refractivity contribution in [3.8, 4) is 0 Å². The van der Waals surface area contributed by atoms with E-state index in [1.165, 1.54) is 11.3 Å². The maximum atomic E-state index is 12.8. The lowest BCUT2D eigenvalue weighted by molar-refractivity contribution is 0.148. The fraction of sp³-hybridized carbons (Fsp3) is 0.667. The molecule has 0 radical (unpaired) electrons. The lowest BCUT2D eigenvalue weighted by Crippen LogP contribution is -2.38. The molecule has 0 saturated carbocycles. The van der Waals surface area contributed by atoms with Crippen molar-refractivity contribution in [1.29, 1.82) is 0 Å². The molecule has 1 fully saturated rings. The van der Waals surface area contributed by atoms with Crippen LogP contribution in [0.1, 0.15) is 50.3 Å². The van der Waals surface area contributed by atoms with Gasteiger partial charge in [-0.2, -0.15) is 11.3 Å². The zero-order valence-electron chi connectivity index (χ0n) is 9.54. The Morgan fingerprint density at radius 3 is 2.69 bits per heavy atom. The molecule has 16 heavy (non-hydrogen) atoms. The molecular weight excluding hydrogens is 228 g/mol. The van der Waals surface area contributed by atoms with Crippen molar-refractivity contribution in [2.45, 2.75) is 45.2 Å². The molecule has 0 bridgehead atoms. The van der Waals surface area contributed by atoms with Gasteiger partial charge < -0.3 is 5.32 Å². The van der Waals surface area contributed by atoms with Crippen LogP contribution in [0.3, 0.4) is 0 Å². The molecule has 1 aliphatic heterocycles. The molecule has 3 atom stereocenters. The fourth-order valence-corrected chi connectivity index (χ4v) is 3.48. The van der Waals surface area contributed by atoms with Crippen LogP contribution in [-0.2, 0) is 0 Å². The topological polar surface area (TPSA) is 12.0 Å². The second kappa shape index (κ2) is 4.80. The molecule has 1 aliphatic rings. The first-order valence-electron chi connectivity index (χ1n) is 5.68. The summed E-state index contributed by atoms with van der Waals surface area (Å²) in [6.07, 6.45) is -0.263. The Balaban J connectivity index is 2.19. The van der Waals surface area contributed by atoms with Crippen molar-refractivity contribution in [3.63, 3.8) is 0 Å². The minimum atomic E-state index is -2.35. The smallest absolute Gasteiger partial charge is 0.264 e. The van der Waals surface area contributed by atoms with E-state index in [4.69, 9.17) is 0 Å². The molecule has 2 heterocycles. The van der Waals surface area contributed by atoms with Gasteiger partial charge in [-0.05, 0) is 42.0 Å². The zero-order chi connectivity index (χ0) is 11.7. The van der Waals surface area contributed by atoms with Crippen LogP contribution in [0.25, 0.3) is 0 Å². The first-order chi connectivity index (χ1) is 7.58. The summed E-state index contributed by atoms with van der Waals surface area (Å²) < 4.78 is 25.6. The average Bonchev–Trinajstić information content (AvgIpc) is 2.63. The highest BCUT2D eigenvalue weighted by molar-refractivity contribution is 7.08. The Morgan fingerprint density at radius 1 is 1.31 bits per heavy atom. The second-order valence-electron chi connectivity index (χ2n) is 4.78. The lowest BCUT2D eigenvalue weighted by Gasteiger charge is -2.33. The van der Waals surface area contributed by atoms with Crippen LogP contribution < -0.4 is 5.32 Å². The molecule has 0 spiro atoms. The third-order valence-electron chi connectivity index (χ3n) is 3.21. The molecule has 0 aromatic carbocycles. The zero-order valence-corrected chi connectivity index (χ0v) is 10.4. The van der Waals surface area contributed by atoms with Crippen molar-refractivity contribution in [1.82, 2.24) is 5.32 Å². The van der Waals surface area contributed by atoms with Crippen LogP contribution >= 0.6 is 11.3 Å². The summed E-state index contributed by atoms with van der Waals surface area (Å²) in [5.74, 6) is 0.603. The van der Waals surface area contributed by atoms with Gasteiger partial charge in [0.2, 0.25) is 0 Å². The lowest BCUT2D eigenvalue weighted by atomic mass is 9.86. The predicted molar refractivity (Wildman–Crippen MR) is 63.0 cm³/mol. The van der Waals surface area contributed by atoms with Crippen molar-refractivity contribution >= 4 is 11.3 Å². The Labute approximate surface area is 98.9 Å². The molecule has 2 rings (SSSR count). The summed E-state index contributed by atoms with van der Waals surface area (Å²) in [6.45, 7) is 4.32. The minimum absolute atomic E-state index is 0.106. The van der Waals surface area contributed by atoms with E-state index in [0.717, 1.165) is 18.4 Å². The summed E-state index contributed by atoms with van der Waals surface area (Å²) in [5, 5.41) is 6.86. The summed E-state index contributed by atoms with van der Waals surface area (Å²) in [5.41, 5.74) is 1.02. The monoisotopic (exact) mass is 245 g/mol. The number of halogens is 2. The van der Waals surface area contributed by atoms with Crippen molar-refractivity contribution in [2.75, 3.05) is 0 Å². The van der Waals surface area contributed by atoms with Crippen LogP contribution in [-0.4, -0.2) is 6.04 Å². The van der Waals surface area contributed by atoms with Crippen molar-refractivity contribution < 1.29 is 8.78 Å². The van der Waals surface area contributed by atoms with E-state index in [0.29, 0.717) is 12.0 Å². The van der Waals surface area contributed by atoms with Gasteiger partial charge in [-0.1, -0.05) is 6.92 Å².